The predicted molar refractivity (Wildman–Crippen MR) is 219 cm³/mol. The number of rotatable bonds is 6. The Kier molecular flexibility index (Phi) is 7.04. The maximum absolute atomic E-state index is 2.43. The molecule has 0 aliphatic carbocycles. The van der Waals surface area contributed by atoms with Gasteiger partial charge in [-0.2, -0.15) is 0 Å². The average Bonchev–Trinajstić information content (AvgIpc) is 3.74. The SMILES string of the molecule is c1ccc(N(c2ccccc2)c2ccc(-c3ccccc3-n3c4ccccc4c4ccccc43)cc2-c2ccc3c(c2)sc2ccccc23)cc1. The average molecular weight is 669 g/mol. The predicted octanol–water partition coefficient (Wildman–Crippen LogP) is 14.0. The number of nitrogens with zero attached hydrogens (tertiary/aromatic N) is 2. The molecule has 0 unspecified atom stereocenters. The molecule has 2 heterocycles. The van der Waals surface area contributed by atoms with Crippen LogP contribution in [0.5, 0.6) is 0 Å². The maximum Gasteiger partial charge on any atom is 0.0541 e. The molecule has 0 fully saturated rings. The second kappa shape index (κ2) is 12.2. The van der Waals surface area contributed by atoms with E-state index < -0.39 is 0 Å². The van der Waals surface area contributed by atoms with E-state index in [-0.39, 0.29) is 0 Å². The fraction of sp³-hybridized carbons (Fsp3) is 0. The highest BCUT2D eigenvalue weighted by molar-refractivity contribution is 7.25. The van der Waals surface area contributed by atoms with Gasteiger partial charge in [-0.25, -0.2) is 0 Å². The highest BCUT2D eigenvalue weighted by Crippen LogP contribution is 2.45. The Balaban J connectivity index is 1.24. The van der Waals surface area contributed by atoms with E-state index in [1.54, 1.807) is 0 Å². The number of anilines is 3. The third-order valence-corrected chi connectivity index (χ3v) is 11.1. The Labute approximate surface area is 300 Å². The first-order valence-electron chi connectivity index (χ1n) is 17.4. The molecule has 0 spiro atoms. The van der Waals surface area contributed by atoms with Gasteiger partial charge >= 0.3 is 0 Å². The van der Waals surface area contributed by atoms with E-state index in [0.29, 0.717) is 0 Å². The molecule has 51 heavy (non-hydrogen) atoms. The third-order valence-electron chi connectivity index (χ3n) is 9.99. The van der Waals surface area contributed by atoms with Crippen LogP contribution in [0.3, 0.4) is 0 Å². The van der Waals surface area contributed by atoms with Gasteiger partial charge in [0.2, 0.25) is 0 Å². The van der Waals surface area contributed by atoms with Crippen molar-refractivity contribution < 1.29 is 0 Å². The number of hydrogen-bond donors (Lipinski definition) is 0. The molecule has 2 nitrogen and oxygen atoms in total. The summed E-state index contributed by atoms with van der Waals surface area (Å²) in [5, 5.41) is 5.14. The van der Waals surface area contributed by atoms with Gasteiger partial charge in [0.05, 0.1) is 22.4 Å². The van der Waals surface area contributed by atoms with Crippen LogP contribution in [0.4, 0.5) is 17.1 Å². The second-order valence-electron chi connectivity index (χ2n) is 12.9. The van der Waals surface area contributed by atoms with Crippen LogP contribution in [0.15, 0.2) is 194 Å². The Bertz CT molecular complexity index is 2770. The molecule has 0 saturated heterocycles. The van der Waals surface area contributed by atoms with Crippen LogP contribution in [0.2, 0.25) is 0 Å². The van der Waals surface area contributed by atoms with Gasteiger partial charge in [-0.15, -0.1) is 11.3 Å². The molecular weight excluding hydrogens is 637 g/mol. The van der Waals surface area contributed by atoms with E-state index in [0.717, 1.165) is 22.7 Å². The number of hydrogen-bond acceptors (Lipinski definition) is 2. The molecule has 0 atom stereocenters. The number of benzene rings is 8. The summed E-state index contributed by atoms with van der Waals surface area (Å²) >= 11 is 1.86. The van der Waals surface area contributed by atoms with Crippen molar-refractivity contribution in [2.75, 3.05) is 4.90 Å². The zero-order valence-corrected chi connectivity index (χ0v) is 28.6. The summed E-state index contributed by atoms with van der Waals surface area (Å²) in [5.74, 6) is 0. The fourth-order valence-corrected chi connectivity index (χ4v) is 8.84. The molecule has 0 radical (unpaired) electrons. The van der Waals surface area contributed by atoms with Crippen molar-refractivity contribution in [3.8, 4) is 27.9 Å². The van der Waals surface area contributed by atoms with Crippen LogP contribution in [0, 0.1) is 0 Å². The Hall–Kier alpha value is -6.42. The smallest absolute Gasteiger partial charge is 0.0541 e. The minimum absolute atomic E-state index is 1.12. The number of thiophene rings is 1. The van der Waals surface area contributed by atoms with Crippen molar-refractivity contribution >= 4 is 70.4 Å². The van der Waals surface area contributed by atoms with Gasteiger partial charge in [0.25, 0.3) is 0 Å². The zero-order valence-electron chi connectivity index (χ0n) is 27.8. The summed E-state index contributed by atoms with van der Waals surface area (Å²) in [6.07, 6.45) is 0. The summed E-state index contributed by atoms with van der Waals surface area (Å²) < 4.78 is 5.03. The van der Waals surface area contributed by atoms with Crippen LogP contribution in [-0.4, -0.2) is 4.57 Å². The van der Waals surface area contributed by atoms with Gasteiger partial charge in [0, 0.05) is 53.4 Å². The van der Waals surface area contributed by atoms with Gasteiger partial charge < -0.3 is 9.47 Å². The molecule has 3 heteroatoms. The fourth-order valence-electron chi connectivity index (χ4n) is 7.70. The molecule has 8 aromatic carbocycles. The van der Waals surface area contributed by atoms with E-state index in [9.17, 15) is 0 Å². The monoisotopic (exact) mass is 668 g/mol. The van der Waals surface area contributed by atoms with Crippen molar-refractivity contribution in [3.63, 3.8) is 0 Å². The standard InChI is InChI=1S/C48H32N2S/c1-3-15-35(16-4-1)49(36-17-5-2-6-18-36)46-30-28-33(31-42(46)34-27-29-41-40-22-10-14-26-47(40)51-48(41)32-34)37-19-7-11-23-43(37)50-44-24-12-8-20-38(44)39-21-9-13-25-45(39)50/h1-32H. The number of fused-ring (bicyclic) bond motifs is 6. The van der Waals surface area contributed by atoms with Crippen LogP contribution in [0.1, 0.15) is 0 Å². The maximum atomic E-state index is 2.43. The van der Waals surface area contributed by atoms with Crippen LogP contribution in [-0.2, 0) is 0 Å². The van der Waals surface area contributed by atoms with Crippen molar-refractivity contribution in [2.24, 2.45) is 0 Å². The summed E-state index contributed by atoms with van der Waals surface area (Å²) in [4.78, 5) is 2.38. The van der Waals surface area contributed by atoms with Crippen LogP contribution < -0.4 is 4.90 Å². The lowest BCUT2D eigenvalue weighted by atomic mass is 9.94. The van der Waals surface area contributed by atoms with E-state index >= 15 is 0 Å². The number of para-hydroxylation sites is 5. The Morgan fingerprint density at radius 1 is 0.373 bits per heavy atom. The second-order valence-corrected chi connectivity index (χ2v) is 14.0. The van der Waals surface area contributed by atoms with Gasteiger partial charge in [-0.3, -0.25) is 0 Å². The summed E-state index contributed by atoms with van der Waals surface area (Å²) in [7, 11) is 0. The molecule has 240 valence electrons. The molecule has 0 bridgehead atoms. The topological polar surface area (TPSA) is 8.17 Å². The summed E-state index contributed by atoms with van der Waals surface area (Å²) in [6, 6.07) is 70.4. The molecule has 2 aromatic heterocycles. The van der Waals surface area contributed by atoms with Crippen molar-refractivity contribution in [3.05, 3.63) is 194 Å². The minimum atomic E-state index is 1.12. The zero-order chi connectivity index (χ0) is 33.7. The van der Waals surface area contributed by atoms with Crippen LogP contribution in [0.25, 0.3) is 69.9 Å². The van der Waals surface area contributed by atoms with Gasteiger partial charge in [0.15, 0.2) is 0 Å². The van der Waals surface area contributed by atoms with Crippen LogP contribution >= 0.6 is 11.3 Å². The van der Waals surface area contributed by atoms with Gasteiger partial charge in [-0.05, 0) is 77.9 Å². The van der Waals surface area contributed by atoms with E-state index in [1.807, 2.05) is 11.3 Å². The summed E-state index contributed by atoms with van der Waals surface area (Å²) in [5.41, 5.74) is 11.7. The minimum Gasteiger partial charge on any atom is -0.310 e. The van der Waals surface area contributed by atoms with E-state index in [4.69, 9.17) is 0 Å². The van der Waals surface area contributed by atoms with Gasteiger partial charge in [-0.1, -0.05) is 127 Å². The first kappa shape index (κ1) is 29.5. The molecule has 0 aliphatic rings. The third kappa shape index (κ3) is 4.93. The van der Waals surface area contributed by atoms with Crippen molar-refractivity contribution in [1.29, 1.82) is 0 Å². The first-order valence-corrected chi connectivity index (χ1v) is 18.2. The molecular formula is C48H32N2S. The van der Waals surface area contributed by atoms with Crippen molar-refractivity contribution in [2.45, 2.75) is 0 Å². The lowest BCUT2D eigenvalue weighted by Gasteiger charge is -2.28. The highest BCUT2D eigenvalue weighted by atomic mass is 32.1. The first-order chi connectivity index (χ1) is 25.3. The Morgan fingerprint density at radius 3 is 1.61 bits per heavy atom. The van der Waals surface area contributed by atoms with Crippen molar-refractivity contribution in [1.82, 2.24) is 4.57 Å². The Morgan fingerprint density at radius 2 is 0.902 bits per heavy atom. The molecule has 10 rings (SSSR count). The van der Waals surface area contributed by atoms with E-state index in [2.05, 4.69) is 204 Å². The molecule has 0 aliphatic heterocycles. The lowest BCUT2D eigenvalue weighted by molar-refractivity contribution is 1.18. The highest BCUT2D eigenvalue weighted by Gasteiger charge is 2.21. The van der Waals surface area contributed by atoms with E-state index in [1.165, 1.54) is 64.2 Å². The quantitative estimate of drug-likeness (QED) is 0.171. The van der Waals surface area contributed by atoms with Gasteiger partial charge in [0.1, 0.15) is 0 Å². The normalized spacial score (nSPS) is 11.5. The number of aromatic nitrogens is 1. The molecule has 0 amide bonds. The lowest BCUT2D eigenvalue weighted by Crippen LogP contribution is -2.11. The largest absolute Gasteiger partial charge is 0.310 e. The molecule has 10 aromatic rings. The molecule has 0 saturated carbocycles. The molecule has 0 N–H and O–H groups in total. The summed E-state index contributed by atoms with van der Waals surface area (Å²) in [6.45, 7) is 0.